The summed E-state index contributed by atoms with van der Waals surface area (Å²) in [6, 6.07) is 0. The minimum absolute atomic E-state index is 0.0141. The lowest BCUT2D eigenvalue weighted by Crippen LogP contribution is -2.26. The van der Waals surface area contributed by atoms with Crippen LogP contribution in [-0.2, 0) is 23.9 Å². The SMILES string of the molecule is C/C1=C/C=C/C(=O)O[C@H](C=O)C/C(C)=C/[C@@H]2CCC[C@H](C/C=C/C(=O)C1)O2. The van der Waals surface area contributed by atoms with Gasteiger partial charge in [-0.25, -0.2) is 4.79 Å². The molecule has 27 heavy (non-hydrogen) atoms. The van der Waals surface area contributed by atoms with Crippen molar-refractivity contribution in [2.75, 3.05) is 0 Å². The van der Waals surface area contributed by atoms with E-state index in [-0.39, 0.29) is 18.0 Å². The minimum Gasteiger partial charge on any atom is -0.451 e. The van der Waals surface area contributed by atoms with Gasteiger partial charge in [0.1, 0.15) is 0 Å². The van der Waals surface area contributed by atoms with Crippen LogP contribution in [0.4, 0.5) is 0 Å². The average Bonchev–Trinajstić information content (AvgIpc) is 2.60. The van der Waals surface area contributed by atoms with Crippen LogP contribution in [-0.4, -0.2) is 36.4 Å². The molecule has 2 bridgehead atoms. The van der Waals surface area contributed by atoms with Gasteiger partial charge in [0.2, 0.25) is 0 Å². The lowest BCUT2D eigenvalue weighted by molar-refractivity contribution is -0.146. The van der Waals surface area contributed by atoms with E-state index in [1.54, 1.807) is 18.2 Å². The molecule has 2 aliphatic heterocycles. The maximum atomic E-state index is 12.0. The Morgan fingerprint density at radius 2 is 1.93 bits per heavy atom. The van der Waals surface area contributed by atoms with E-state index in [0.29, 0.717) is 25.5 Å². The van der Waals surface area contributed by atoms with Gasteiger partial charge in [0, 0.05) is 18.9 Å². The van der Waals surface area contributed by atoms with E-state index >= 15 is 0 Å². The van der Waals surface area contributed by atoms with Gasteiger partial charge < -0.3 is 9.47 Å². The van der Waals surface area contributed by atoms with Crippen LogP contribution in [0.2, 0.25) is 0 Å². The summed E-state index contributed by atoms with van der Waals surface area (Å²) in [5.74, 6) is -0.560. The highest BCUT2D eigenvalue weighted by atomic mass is 16.5. The first-order chi connectivity index (χ1) is 13.0. The molecule has 5 heteroatoms. The van der Waals surface area contributed by atoms with E-state index < -0.39 is 12.1 Å². The van der Waals surface area contributed by atoms with E-state index in [9.17, 15) is 14.4 Å². The normalized spacial score (nSPS) is 34.7. The molecule has 0 aromatic carbocycles. The molecule has 0 spiro atoms. The maximum Gasteiger partial charge on any atom is 0.331 e. The third-order valence-corrected chi connectivity index (χ3v) is 4.56. The predicted molar refractivity (Wildman–Crippen MR) is 103 cm³/mol. The van der Waals surface area contributed by atoms with Crippen molar-refractivity contribution in [2.24, 2.45) is 0 Å². The van der Waals surface area contributed by atoms with Crippen molar-refractivity contribution >= 4 is 18.0 Å². The summed E-state index contributed by atoms with van der Waals surface area (Å²) in [5, 5.41) is 0. The fourth-order valence-corrected chi connectivity index (χ4v) is 3.27. The lowest BCUT2D eigenvalue weighted by Gasteiger charge is -2.28. The van der Waals surface area contributed by atoms with Gasteiger partial charge in [0.25, 0.3) is 0 Å². The third-order valence-electron chi connectivity index (χ3n) is 4.56. The molecule has 0 aliphatic carbocycles. The Balaban J connectivity index is 2.17. The predicted octanol–water partition coefficient (Wildman–Crippen LogP) is 3.79. The van der Waals surface area contributed by atoms with E-state index in [0.717, 1.165) is 30.4 Å². The molecule has 5 nitrogen and oxygen atoms in total. The van der Waals surface area contributed by atoms with E-state index in [1.165, 1.54) is 6.08 Å². The molecule has 1 fully saturated rings. The van der Waals surface area contributed by atoms with Gasteiger partial charge in [-0.15, -0.1) is 0 Å². The molecule has 0 amide bonds. The van der Waals surface area contributed by atoms with Crippen LogP contribution < -0.4 is 0 Å². The van der Waals surface area contributed by atoms with Crippen LogP contribution in [0.3, 0.4) is 0 Å². The Morgan fingerprint density at radius 1 is 1.11 bits per heavy atom. The first kappa shape index (κ1) is 21.0. The second-order valence-corrected chi connectivity index (χ2v) is 7.21. The second-order valence-electron chi connectivity index (χ2n) is 7.21. The number of hydrogen-bond donors (Lipinski definition) is 0. The number of allylic oxidation sites excluding steroid dienone is 4. The van der Waals surface area contributed by atoms with Gasteiger partial charge in [-0.3, -0.25) is 9.59 Å². The molecule has 0 radical (unpaired) electrons. The Morgan fingerprint density at radius 3 is 2.70 bits per heavy atom. The summed E-state index contributed by atoms with van der Waals surface area (Å²) in [6.45, 7) is 3.74. The Bertz CT molecular complexity index is 668. The maximum absolute atomic E-state index is 12.0. The first-order valence-electron chi connectivity index (χ1n) is 9.48. The van der Waals surface area contributed by atoms with Gasteiger partial charge in [0.05, 0.1) is 12.2 Å². The molecule has 0 aromatic rings. The van der Waals surface area contributed by atoms with Gasteiger partial charge in [-0.1, -0.05) is 35.5 Å². The first-order valence-corrected chi connectivity index (χ1v) is 9.48. The summed E-state index contributed by atoms with van der Waals surface area (Å²) in [5.41, 5.74) is 1.80. The molecule has 2 rings (SSSR count). The number of rotatable bonds is 1. The molecular formula is C22H28O5. The van der Waals surface area contributed by atoms with Crippen LogP contribution in [0, 0.1) is 0 Å². The Kier molecular flexibility index (Phi) is 8.40. The lowest BCUT2D eigenvalue weighted by atomic mass is 9.99. The monoisotopic (exact) mass is 372 g/mol. The van der Waals surface area contributed by atoms with Crippen LogP contribution in [0.5, 0.6) is 0 Å². The van der Waals surface area contributed by atoms with Crippen molar-refractivity contribution in [1.82, 2.24) is 0 Å². The zero-order valence-electron chi connectivity index (χ0n) is 16.1. The number of cyclic esters (lactones) is 1. The van der Waals surface area contributed by atoms with Crippen molar-refractivity contribution in [3.05, 3.63) is 47.6 Å². The number of fused-ring (bicyclic) bond motifs is 2. The molecule has 2 heterocycles. The molecule has 0 N–H and O–H groups in total. The molecular weight excluding hydrogens is 344 g/mol. The number of carbonyl (C=O) groups is 3. The Labute approximate surface area is 160 Å². The van der Waals surface area contributed by atoms with E-state index in [2.05, 4.69) is 0 Å². The minimum atomic E-state index is -0.814. The zero-order valence-corrected chi connectivity index (χ0v) is 16.1. The number of ether oxygens (including phenoxy) is 2. The summed E-state index contributed by atoms with van der Waals surface area (Å²) >= 11 is 0. The number of carbonyl (C=O) groups excluding carboxylic acids is 3. The summed E-state index contributed by atoms with van der Waals surface area (Å²) in [7, 11) is 0. The molecule has 0 saturated carbocycles. The number of aldehydes is 1. The van der Waals surface area contributed by atoms with Crippen LogP contribution in [0.15, 0.2) is 47.6 Å². The second kappa shape index (κ2) is 10.8. The quantitative estimate of drug-likeness (QED) is 0.398. The summed E-state index contributed by atoms with van der Waals surface area (Å²) in [4.78, 5) is 35.2. The molecule has 146 valence electrons. The number of esters is 1. The van der Waals surface area contributed by atoms with Gasteiger partial charge in [0.15, 0.2) is 18.2 Å². The summed E-state index contributed by atoms with van der Waals surface area (Å²) < 4.78 is 11.3. The topological polar surface area (TPSA) is 69.7 Å². The molecule has 3 atom stereocenters. The number of hydrogen-bond acceptors (Lipinski definition) is 5. The largest absolute Gasteiger partial charge is 0.451 e. The number of ketones is 1. The van der Waals surface area contributed by atoms with Crippen molar-refractivity contribution < 1.29 is 23.9 Å². The fourth-order valence-electron chi connectivity index (χ4n) is 3.27. The highest BCUT2D eigenvalue weighted by molar-refractivity contribution is 5.91. The Hall–Kier alpha value is -2.27. The smallest absolute Gasteiger partial charge is 0.331 e. The van der Waals surface area contributed by atoms with Crippen molar-refractivity contribution in [3.63, 3.8) is 0 Å². The zero-order chi connectivity index (χ0) is 19.6. The van der Waals surface area contributed by atoms with Gasteiger partial charge >= 0.3 is 5.97 Å². The highest BCUT2D eigenvalue weighted by Gasteiger charge is 2.21. The van der Waals surface area contributed by atoms with Gasteiger partial charge in [-0.05, 0) is 45.6 Å². The molecule has 0 unspecified atom stereocenters. The summed E-state index contributed by atoms with van der Waals surface area (Å²) in [6.07, 6.45) is 14.2. The molecule has 1 saturated heterocycles. The van der Waals surface area contributed by atoms with Gasteiger partial charge in [-0.2, -0.15) is 0 Å². The fraction of sp³-hybridized carbons (Fsp3) is 0.500. The van der Waals surface area contributed by atoms with Crippen molar-refractivity contribution in [3.8, 4) is 0 Å². The van der Waals surface area contributed by atoms with Crippen LogP contribution in [0.25, 0.3) is 0 Å². The van der Waals surface area contributed by atoms with E-state index in [4.69, 9.17) is 9.47 Å². The third kappa shape index (κ3) is 7.87. The average molecular weight is 372 g/mol. The standard InChI is InChI=1S/C22H28O5/c1-16-6-3-11-22(25)27-21(15-23)14-17(2)13-20-10-5-9-19(26-20)8-4-7-18(24)12-16/h3-4,6-7,11,13,15,19-21H,5,8-10,12,14H2,1-2H3/b7-4+,11-3+,16-6-,17-13+/t19-,20-,21-/m0/s1. The molecule has 0 aromatic heterocycles. The molecule has 2 aliphatic rings. The van der Waals surface area contributed by atoms with Crippen molar-refractivity contribution in [2.45, 2.75) is 70.7 Å². The van der Waals surface area contributed by atoms with E-state index in [1.807, 2.05) is 26.0 Å². The van der Waals surface area contributed by atoms with Crippen molar-refractivity contribution in [1.29, 1.82) is 0 Å². The highest BCUT2D eigenvalue weighted by Crippen LogP contribution is 2.24. The van der Waals surface area contributed by atoms with Crippen LogP contribution >= 0.6 is 0 Å². The van der Waals surface area contributed by atoms with Crippen LogP contribution in [0.1, 0.15) is 52.4 Å².